The van der Waals surface area contributed by atoms with Crippen molar-refractivity contribution in [3.8, 4) is 0 Å². The van der Waals surface area contributed by atoms with Crippen LogP contribution in [0.1, 0.15) is 26.2 Å². The fraction of sp³-hybridized carbons (Fsp3) is 0.929. The lowest BCUT2D eigenvalue weighted by Gasteiger charge is -2.48. The second-order valence-corrected chi connectivity index (χ2v) is 5.90. The molecule has 0 bridgehead atoms. The highest BCUT2D eigenvalue weighted by molar-refractivity contribution is 5.81. The zero-order valence-corrected chi connectivity index (χ0v) is 12.4. The van der Waals surface area contributed by atoms with Gasteiger partial charge in [-0.15, -0.1) is 0 Å². The van der Waals surface area contributed by atoms with Gasteiger partial charge in [-0.3, -0.25) is 9.69 Å². The van der Waals surface area contributed by atoms with Crippen molar-refractivity contribution in [1.29, 1.82) is 0 Å². The van der Waals surface area contributed by atoms with E-state index >= 15 is 0 Å². The molecule has 19 heavy (non-hydrogen) atoms. The minimum atomic E-state index is -0.410. The number of piperidine rings is 1. The van der Waals surface area contributed by atoms with Crippen LogP contribution in [0.4, 0.5) is 0 Å². The molecule has 0 amide bonds. The molecule has 5 nitrogen and oxygen atoms in total. The van der Waals surface area contributed by atoms with E-state index in [1.54, 1.807) is 0 Å². The Bertz CT molecular complexity index is 316. The van der Waals surface area contributed by atoms with Crippen LogP contribution in [0.3, 0.4) is 0 Å². The van der Waals surface area contributed by atoms with Crippen molar-refractivity contribution in [2.75, 3.05) is 46.9 Å². The number of carbonyl (C=O) groups excluding carboxylic acids is 1. The van der Waals surface area contributed by atoms with Gasteiger partial charge in [0.25, 0.3) is 0 Å². The van der Waals surface area contributed by atoms with E-state index in [9.17, 15) is 4.79 Å². The van der Waals surface area contributed by atoms with E-state index in [2.05, 4.69) is 29.1 Å². The van der Waals surface area contributed by atoms with Crippen molar-refractivity contribution in [3.63, 3.8) is 0 Å². The molecule has 2 unspecified atom stereocenters. The predicted octanol–water partition coefficient (Wildman–Crippen LogP) is 0.308. The van der Waals surface area contributed by atoms with Crippen molar-refractivity contribution in [3.05, 3.63) is 0 Å². The van der Waals surface area contributed by atoms with Crippen LogP contribution in [0.5, 0.6) is 0 Å². The molecular formula is C14H27N3O2. The van der Waals surface area contributed by atoms with E-state index in [-0.39, 0.29) is 5.97 Å². The number of carbonyl (C=O) groups is 1. The predicted molar refractivity (Wildman–Crippen MR) is 75.1 cm³/mol. The number of ether oxygens (including phenoxy) is 1. The van der Waals surface area contributed by atoms with Crippen LogP contribution in [-0.4, -0.2) is 74.2 Å². The van der Waals surface area contributed by atoms with E-state index in [0.717, 1.165) is 52.0 Å². The standard InChI is InChI=1S/C14H27N3O2/c1-12-11-14(13(18)19-3,5-9-16(12)2)17-8-4-6-15-7-10-17/h12,15H,4-11H2,1-3H3. The summed E-state index contributed by atoms with van der Waals surface area (Å²) in [5.74, 6) is -0.0469. The van der Waals surface area contributed by atoms with E-state index in [1.165, 1.54) is 7.11 Å². The molecule has 0 aromatic heterocycles. The summed E-state index contributed by atoms with van der Waals surface area (Å²) >= 11 is 0. The molecule has 2 saturated heterocycles. The van der Waals surface area contributed by atoms with Crippen molar-refractivity contribution in [2.24, 2.45) is 0 Å². The van der Waals surface area contributed by atoms with Crippen LogP contribution in [0, 0.1) is 0 Å². The Morgan fingerprint density at radius 3 is 2.79 bits per heavy atom. The maximum absolute atomic E-state index is 12.4. The molecule has 2 atom stereocenters. The van der Waals surface area contributed by atoms with Crippen LogP contribution in [0.2, 0.25) is 0 Å². The summed E-state index contributed by atoms with van der Waals surface area (Å²) in [4.78, 5) is 17.1. The van der Waals surface area contributed by atoms with Crippen molar-refractivity contribution < 1.29 is 9.53 Å². The van der Waals surface area contributed by atoms with Gasteiger partial charge < -0.3 is 15.0 Å². The highest BCUT2D eigenvalue weighted by Crippen LogP contribution is 2.33. The van der Waals surface area contributed by atoms with Crippen LogP contribution >= 0.6 is 0 Å². The summed E-state index contributed by atoms with van der Waals surface area (Å²) in [6.07, 6.45) is 2.85. The van der Waals surface area contributed by atoms with Gasteiger partial charge in [0.2, 0.25) is 0 Å². The molecule has 0 saturated carbocycles. The SMILES string of the molecule is COC(=O)C1(N2CCCNCC2)CCN(C)C(C)C1. The molecular weight excluding hydrogens is 242 g/mol. The van der Waals surface area contributed by atoms with E-state index < -0.39 is 5.54 Å². The minimum absolute atomic E-state index is 0.0469. The zero-order valence-electron chi connectivity index (χ0n) is 12.4. The first-order valence-corrected chi connectivity index (χ1v) is 7.34. The third-order valence-electron chi connectivity index (χ3n) is 4.77. The van der Waals surface area contributed by atoms with Gasteiger partial charge in [0.15, 0.2) is 0 Å². The Kier molecular flexibility index (Phi) is 4.81. The van der Waals surface area contributed by atoms with Gasteiger partial charge >= 0.3 is 5.97 Å². The number of methoxy groups -OCH3 is 1. The average molecular weight is 269 g/mol. The van der Waals surface area contributed by atoms with E-state index in [0.29, 0.717) is 6.04 Å². The lowest BCUT2D eigenvalue weighted by Crippen LogP contribution is -2.62. The molecule has 0 radical (unpaired) electrons. The van der Waals surface area contributed by atoms with E-state index in [4.69, 9.17) is 4.74 Å². The van der Waals surface area contributed by atoms with Crippen LogP contribution in [0.15, 0.2) is 0 Å². The summed E-state index contributed by atoms with van der Waals surface area (Å²) in [6.45, 7) is 7.09. The Morgan fingerprint density at radius 1 is 1.32 bits per heavy atom. The van der Waals surface area contributed by atoms with Crippen molar-refractivity contribution in [1.82, 2.24) is 15.1 Å². The monoisotopic (exact) mass is 269 g/mol. The molecule has 2 rings (SSSR count). The van der Waals surface area contributed by atoms with Gasteiger partial charge in [0.1, 0.15) is 5.54 Å². The third-order valence-corrected chi connectivity index (χ3v) is 4.77. The van der Waals surface area contributed by atoms with Crippen LogP contribution < -0.4 is 5.32 Å². The Balaban J connectivity index is 2.21. The molecule has 2 aliphatic heterocycles. The Morgan fingerprint density at radius 2 is 2.11 bits per heavy atom. The Hall–Kier alpha value is -0.650. The number of nitrogens with zero attached hydrogens (tertiary/aromatic N) is 2. The Labute approximate surface area is 116 Å². The summed E-state index contributed by atoms with van der Waals surface area (Å²) in [5.41, 5.74) is -0.410. The van der Waals surface area contributed by atoms with E-state index in [1.807, 2.05) is 0 Å². The largest absolute Gasteiger partial charge is 0.468 e. The number of rotatable bonds is 2. The molecule has 0 aromatic carbocycles. The number of hydrogen-bond acceptors (Lipinski definition) is 5. The number of nitrogens with one attached hydrogen (secondary N) is 1. The highest BCUT2D eigenvalue weighted by atomic mass is 16.5. The van der Waals surface area contributed by atoms with Crippen molar-refractivity contribution in [2.45, 2.75) is 37.8 Å². The van der Waals surface area contributed by atoms with Gasteiger partial charge in [0, 0.05) is 32.2 Å². The van der Waals surface area contributed by atoms with Crippen LogP contribution in [-0.2, 0) is 9.53 Å². The number of esters is 1. The lowest BCUT2D eigenvalue weighted by atomic mass is 9.82. The normalized spacial score (nSPS) is 34.8. The van der Waals surface area contributed by atoms with Gasteiger partial charge in [-0.05, 0) is 39.8 Å². The fourth-order valence-electron chi connectivity index (χ4n) is 3.39. The molecule has 2 heterocycles. The maximum atomic E-state index is 12.4. The molecule has 110 valence electrons. The molecule has 2 fully saturated rings. The first-order valence-electron chi connectivity index (χ1n) is 7.34. The number of hydrogen-bond donors (Lipinski definition) is 1. The quantitative estimate of drug-likeness (QED) is 0.731. The van der Waals surface area contributed by atoms with Gasteiger partial charge in [-0.1, -0.05) is 0 Å². The molecule has 1 N–H and O–H groups in total. The summed E-state index contributed by atoms with van der Waals surface area (Å²) in [6, 6.07) is 0.420. The second-order valence-electron chi connectivity index (χ2n) is 5.90. The van der Waals surface area contributed by atoms with Gasteiger partial charge in [-0.2, -0.15) is 0 Å². The lowest BCUT2D eigenvalue weighted by molar-refractivity contribution is -0.160. The summed E-state index contributed by atoms with van der Waals surface area (Å²) < 4.78 is 5.15. The third kappa shape index (κ3) is 2.93. The smallest absolute Gasteiger partial charge is 0.326 e. The molecule has 0 aromatic rings. The number of likely N-dealkylation sites (tertiary alicyclic amines) is 1. The summed E-state index contributed by atoms with van der Waals surface area (Å²) in [5, 5.41) is 3.41. The second kappa shape index (κ2) is 6.20. The highest BCUT2D eigenvalue weighted by Gasteiger charge is 2.48. The minimum Gasteiger partial charge on any atom is -0.468 e. The first kappa shape index (κ1) is 14.8. The topological polar surface area (TPSA) is 44.8 Å². The average Bonchev–Trinajstić information content (AvgIpc) is 2.70. The van der Waals surface area contributed by atoms with Crippen molar-refractivity contribution >= 4 is 5.97 Å². The first-order chi connectivity index (χ1) is 9.10. The molecule has 0 aliphatic carbocycles. The molecule has 0 spiro atoms. The molecule has 5 heteroatoms. The zero-order chi connectivity index (χ0) is 13.9. The summed E-state index contributed by atoms with van der Waals surface area (Å²) in [7, 11) is 3.65. The maximum Gasteiger partial charge on any atom is 0.326 e. The van der Waals surface area contributed by atoms with Crippen LogP contribution in [0.25, 0.3) is 0 Å². The fourth-order valence-corrected chi connectivity index (χ4v) is 3.39. The van der Waals surface area contributed by atoms with Gasteiger partial charge in [0.05, 0.1) is 7.11 Å². The van der Waals surface area contributed by atoms with Gasteiger partial charge in [-0.25, -0.2) is 0 Å². The molecule has 2 aliphatic rings.